The largest absolute Gasteiger partial charge is 0.347 e. The molecule has 0 radical (unpaired) electrons. The maximum atomic E-state index is 12.4. The van der Waals surface area contributed by atoms with Crippen molar-refractivity contribution in [3.05, 3.63) is 47.7 Å². The number of carbonyl (C=O) groups is 1. The Hall–Kier alpha value is -2.03. The standard InChI is InChI=1S/C23H32N2O/c1-4-6-9-14-25-17-21(20-10-7-8-11-22(20)25)19-12-15-24(16-13-19)23(26)18(3)5-2/h5,7-8,10-11,17,19H,4,6,9,12-16H2,1-3H3. The van der Waals surface area contributed by atoms with Gasteiger partial charge in [-0.3, -0.25) is 4.79 Å². The number of aromatic nitrogens is 1. The second-order valence-corrected chi connectivity index (χ2v) is 7.54. The molecular formula is C23H32N2O. The number of nitrogens with zero attached hydrogens (tertiary/aromatic N) is 2. The van der Waals surface area contributed by atoms with E-state index >= 15 is 0 Å². The van der Waals surface area contributed by atoms with Crippen molar-refractivity contribution >= 4 is 16.8 Å². The quantitative estimate of drug-likeness (QED) is 0.497. The molecule has 3 nitrogen and oxygen atoms in total. The summed E-state index contributed by atoms with van der Waals surface area (Å²) in [5.41, 5.74) is 3.70. The van der Waals surface area contributed by atoms with Gasteiger partial charge in [-0.2, -0.15) is 0 Å². The van der Waals surface area contributed by atoms with Crippen molar-refractivity contribution in [2.75, 3.05) is 13.1 Å². The minimum absolute atomic E-state index is 0.202. The van der Waals surface area contributed by atoms with E-state index in [1.54, 1.807) is 0 Å². The molecule has 1 aromatic heterocycles. The molecule has 1 fully saturated rings. The predicted octanol–water partition coefficient (Wildman–Crippen LogP) is 5.50. The molecule has 1 aliphatic heterocycles. The van der Waals surface area contributed by atoms with E-state index < -0.39 is 0 Å². The lowest BCUT2D eigenvalue weighted by molar-refractivity contribution is -0.128. The molecule has 2 heterocycles. The van der Waals surface area contributed by atoms with Crippen LogP contribution in [0.4, 0.5) is 0 Å². The molecule has 0 atom stereocenters. The number of carbonyl (C=O) groups excluding carboxylic acids is 1. The maximum Gasteiger partial charge on any atom is 0.249 e. The van der Waals surface area contributed by atoms with Crippen LogP contribution < -0.4 is 0 Å². The third-order valence-electron chi connectivity index (χ3n) is 5.81. The summed E-state index contributed by atoms with van der Waals surface area (Å²) in [5, 5.41) is 1.40. The highest BCUT2D eigenvalue weighted by Gasteiger charge is 2.26. The van der Waals surface area contributed by atoms with Crippen LogP contribution in [0, 0.1) is 0 Å². The van der Waals surface area contributed by atoms with Crippen LogP contribution in [0.25, 0.3) is 10.9 Å². The molecule has 0 unspecified atom stereocenters. The van der Waals surface area contributed by atoms with Gasteiger partial charge in [0.15, 0.2) is 0 Å². The zero-order valence-corrected chi connectivity index (χ0v) is 16.5. The number of hydrogen-bond donors (Lipinski definition) is 0. The summed E-state index contributed by atoms with van der Waals surface area (Å²) in [4.78, 5) is 14.4. The monoisotopic (exact) mass is 352 g/mol. The molecule has 0 N–H and O–H groups in total. The van der Waals surface area contributed by atoms with Crippen LogP contribution in [0.5, 0.6) is 0 Å². The zero-order valence-electron chi connectivity index (χ0n) is 16.5. The first-order chi connectivity index (χ1) is 12.7. The van der Waals surface area contributed by atoms with Crippen molar-refractivity contribution in [1.29, 1.82) is 0 Å². The normalized spacial score (nSPS) is 16.4. The number of hydrogen-bond acceptors (Lipinski definition) is 1. The first-order valence-corrected chi connectivity index (χ1v) is 10.2. The number of para-hydroxylation sites is 1. The molecule has 3 rings (SSSR count). The molecule has 1 aromatic carbocycles. The first-order valence-electron chi connectivity index (χ1n) is 10.2. The van der Waals surface area contributed by atoms with Crippen LogP contribution in [0.2, 0.25) is 0 Å². The van der Waals surface area contributed by atoms with Crippen LogP contribution in [0.3, 0.4) is 0 Å². The number of unbranched alkanes of at least 4 members (excludes halogenated alkanes) is 2. The number of aryl methyl sites for hydroxylation is 1. The smallest absolute Gasteiger partial charge is 0.249 e. The summed E-state index contributed by atoms with van der Waals surface area (Å²) in [6.07, 6.45) is 10.2. The van der Waals surface area contributed by atoms with Crippen molar-refractivity contribution in [2.45, 2.75) is 65.3 Å². The second kappa shape index (κ2) is 8.57. The summed E-state index contributed by atoms with van der Waals surface area (Å²) < 4.78 is 2.45. The highest BCUT2D eigenvalue weighted by molar-refractivity contribution is 5.92. The fourth-order valence-electron chi connectivity index (χ4n) is 4.08. The summed E-state index contributed by atoms with van der Waals surface area (Å²) in [6.45, 7) is 8.94. The molecule has 0 bridgehead atoms. The number of piperidine rings is 1. The molecule has 0 aliphatic carbocycles. The molecule has 2 aromatic rings. The molecule has 140 valence electrons. The summed E-state index contributed by atoms with van der Waals surface area (Å²) in [5.74, 6) is 0.759. The molecule has 3 heteroatoms. The number of rotatable bonds is 6. The first kappa shape index (κ1) is 18.8. The van der Waals surface area contributed by atoms with Crippen molar-refractivity contribution in [2.24, 2.45) is 0 Å². The van der Waals surface area contributed by atoms with E-state index in [0.29, 0.717) is 5.92 Å². The van der Waals surface area contributed by atoms with E-state index in [9.17, 15) is 4.79 Å². The molecule has 0 spiro atoms. The van der Waals surface area contributed by atoms with Crippen molar-refractivity contribution in [3.8, 4) is 0 Å². The lowest BCUT2D eigenvalue weighted by atomic mass is 9.89. The Kier molecular flexibility index (Phi) is 6.18. The van der Waals surface area contributed by atoms with E-state index in [2.05, 4.69) is 42.0 Å². The summed E-state index contributed by atoms with van der Waals surface area (Å²) in [7, 11) is 0. The Balaban J connectivity index is 1.76. The fraction of sp³-hybridized carbons (Fsp3) is 0.522. The average Bonchev–Trinajstić information content (AvgIpc) is 3.06. The van der Waals surface area contributed by atoms with Crippen LogP contribution in [0.15, 0.2) is 42.1 Å². The fourth-order valence-corrected chi connectivity index (χ4v) is 4.08. The topological polar surface area (TPSA) is 25.2 Å². The van der Waals surface area contributed by atoms with E-state index in [1.807, 2.05) is 24.8 Å². The lowest BCUT2D eigenvalue weighted by Crippen LogP contribution is -2.38. The highest BCUT2D eigenvalue weighted by atomic mass is 16.2. The molecule has 26 heavy (non-hydrogen) atoms. The predicted molar refractivity (Wildman–Crippen MR) is 109 cm³/mol. The Morgan fingerprint density at radius 3 is 2.62 bits per heavy atom. The second-order valence-electron chi connectivity index (χ2n) is 7.54. The van der Waals surface area contributed by atoms with Crippen LogP contribution >= 0.6 is 0 Å². The van der Waals surface area contributed by atoms with Gasteiger partial charge in [-0.25, -0.2) is 0 Å². The van der Waals surface area contributed by atoms with Gasteiger partial charge in [0.25, 0.3) is 0 Å². The van der Waals surface area contributed by atoms with Gasteiger partial charge in [0.1, 0.15) is 0 Å². The number of fused-ring (bicyclic) bond motifs is 1. The Morgan fingerprint density at radius 1 is 1.19 bits per heavy atom. The number of allylic oxidation sites excluding steroid dienone is 1. The average molecular weight is 353 g/mol. The SMILES string of the molecule is CC=C(C)C(=O)N1CCC(c2cn(CCCCC)c3ccccc23)CC1. The third kappa shape index (κ3) is 3.87. The van der Waals surface area contributed by atoms with Crippen LogP contribution in [-0.2, 0) is 11.3 Å². The molecule has 1 amide bonds. The van der Waals surface area contributed by atoms with Gasteiger partial charge < -0.3 is 9.47 Å². The van der Waals surface area contributed by atoms with Gasteiger partial charge in [-0.15, -0.1) is 0 Å². The number of benzene rings is 1. The Bertz CT molecular complexity index is 779. The minimum Gasteiger partial charge on any atom is -0.347 e. The molecule has 1 aliphatic rings. The van der Waals surface area contributed by atoms with Gasteiger partial charge in [-0.1, -0.05) is 44.0 Å². The van der Waals surface area contributed by atoms with Gasteiger partial charge in [0.2, 0.25) is 5.91 Å². The minimum atomic E-state index is 0.202. The Labute approximate surface area is 157 Å². The molecule has 1 saturated heterocycles. The van der Waals surface area contributed by atoms with E-state index in [1.165, 1.54) is 35.7 Å². The van der Waals surface area contributed by atoms with Crippen LogP contribution in [0.1, 0.15) is 64.4 Å². The zero-order chi connectivity index (χ0) is 18.5. The number of likely N-dealkylation sites (tertiary alicyclic amines) is 1. The van der Waals surface area contributed by atoms with E-state index in [-0.39, 0.29) is 5.91 Å². The van der Waals surface area contributed by atoms with Crippen molar-refractivity contribution < 1.29 is 4.79 Å². The van der Waals surface area contributed by atoms with E-state index in [4.69, 9.17) is 0 Å². The Morgan fingerprint density at radius 2 is 1.92 bits per heavy atom. The van der Waals surface area contributed by atoms with Gasteiger partial charge in [0, 0.05) is 42.3 Å². The lowest BCUT2D eigenvalue weighted by Gasteiger charge is -2.32. The maximum absolute atomic E-state index is 12.4. The molecular weight excluding hydrogens is 320 g/mol. The highest BCUT2D eigenvalue weighted by Crippen LogP contribution is 2.35. The number of amides is 1. The van der Waals surface area contributed by atoms with Crippen molar-refractivity contribution in [1.82, 2.24) is 9.47 Å². The van der Waals surface area contributed by atoms with Gasteiger partial charge >= 0.3 is 0 Å². The van der Waals surface area contributed by atoms with E-state index in [0.717, 1.165) is 38.0 Å². The van der Waals surface area contributed by atoms with Gasteiger partial charge in [-0.05, 0) is 50.7 Å². The van der Waals surface area contributed by atoms with Gasteiger partial charge in [0.05, 0.1) is 0 Å². The third-order valence-corrected chi connectivity index (χ3v) is 5.81. The summed E-state index contributed by atoms with van der Waals surface area (Å²) in [6, 6.07) is 8.81. The summed E-state index contributed by atoms with van der Waals surface area (Å²) >= 11 is 0. The van der Waals surface area contributed by atoms with Crippen molar-refractivity contribution in [3.63, 3.8) is 0 Å². The van der Waals surface area contributed by atoms with Crippen LogP contribution in [-0.4, -0.2) is 28.5 Å². The molecule has 0 saturated carbocycles.